The van der Waals surface area contributed by atoms with Crippen LogP contribution in [0, 0.1) is 5.92 Å². The van der Waals surface area contributed by atoms with Gasteiger partial charge in [0.1, 0.15) is 0 Å². The molecule has 0 unspecified atom stereocenters. The molecule has 2 aromatic rings. The molecule has 0 spiro atoms. The molecule has 0 saturated heterocycles. The number of rotatable bonds is 3. The highest BCUT2D eigenvalue weighted by Crippen LogP contribution is 2.43. The molecule has 0 aliphatic carbocycles. The Morgan fingerprint density at radius 2 is 1.79 bits per heavy atom. The van der Waals surface area contributed by atoms with Gasteiger partial charge in [0, 0.05) is 29.6 Å². The van der Waals surface area contributed by atoms with Crippen LogP contribution >= 0.6 is 0 Å². The van der Waals surface area contributed by atoms with Crippen LogP contribution < -0.4 is 9.21 Å². The van der Waals surface area contributed by atoms with Crippen LogP contribution in [0.2, 0.25) is 0 Å². The Kier molecular flexibility index (Phi) is 4.53. The quantitative estimate of drug-likeness (QED) is 0.762. The zero-order chi connectivity index (χ0) is 21.1. The van der Waals surface area contributed by atoms with Crippen LogP contribution in [0.4, 0.5) is 11.4 Å². The molecule has 2 aromatic carbocycles. The molecule has 0 fully saturated rings. The highest BCUT2D eigenvalue weighted by Gasteiger charge is 2.41. The number of nitrogens with zero attached hydrogens (tertiary/aromatic N) is 2. The van der Waals surface area contributed by atoms with Crippen molar-refractivity contribution in [2.75, 3.05) is 15.7 Å². The summed E-state index contributed by atoms with van der Waals surface area (Å²) in [4.78, 5) is 14.7. The first kappa shape index (κ1) is 20.0. The van der Waals surface area contributed by atoms with Gasteiger partial charge < -0.3 is 4.90 Å². The second-order valence-electron chi connectivity index (χ2n) is 9.12. The third kappa shape index (κ3) is 3.05. The molecule has 2 aliphatic heterocycles. The SMILES string of the molecule is CC(C)C(=O)N1CC(C)(C)c2cc(S(=O)(=O)N3c4ccccc4C[C@@H]3C)ccc21. The zero-order valence-electron chi connectivity index (χ0n) is 17.6. The smallest absolute Gasteiger partial charge is 0.264 e. The largest absolute Gasteiger partial charge is 0.311 e. The second kappa shape index (κ2) is 6.59. The third-order valence-electron chi connectivity index (χ3n) is 6.00. The maximum Gasteiger partial charge on any atom is 0.264 e. The normalized spacial score (nSPS) is 20.1. The third-order valence-corrected chi connectivity index (χ3v) is 7.93. The number of para-hydroxylation sites is 1. The lowest BCUT2D eigenvalue weighted by atomic mass is 9.87. The van der Waals surface area contributed by atoms with E-state index in [-0.39, 0.29) is 28.2 Å². The van der Waals surface area contributed by atoms with Crippen molar-refractivity contribution >= 4 is 27.3 Å². The Labute approximate surface area is 173 Å². The van der Waals surface area contributed by atoms with E-state index < -0.39 is 10.0 Å². The molecule has 1 atom stereocenters. The van der Waals surface area contributed by atoms with Crippen molar-refractivity contribution in [2.45, 2.75) is 57.4 Å². The molecule has 29 heavy (non-hydrogen) atoms. The van der Waals surface area contributed by atoms with Crippen LogP contribution in [-0.4, -0.2) is 26.9 Å². The number of fused-ring (bicyclic) bond motifs is 2. The summed E-state index contributed by atoms with van der Waals surface area (Å²) >= 11 is 0. The van der Waals surface area contributed by atoms with E-state index in [4.69, 9.17) is 0 Å². The molecule has 0 radical (unpaired) electrons. The highest BCUT2D eigenvalue weighted by atomic mass is 32.2. The van der Waals surface area contributed by atoms with Gasteiger partial charge in [-0.15, -0.1) is 0 Å². The molecule has 154 valence electrons. The maximum absolute atomic E-state index is 13.6. The summed E-state index contributed by atoms with van der Waals surface area (Å²) in [5.74, 6) is -0.0448. The van der Waals surface area contributed by atoms with Crippen LogP contribution in [0.5, 0.6) is 0 Å². The van der Waals surface area contributed by atoms with Gasteiger partial charge in [0.05, 0.1) is 10.6 Å². The van der Waals surface area contributed by atoms with E-state index in [0.717, 1.165) is 22.5 Å². The van der Waals surface area contributed by atoms with Crippen molar-refractivity contribution < 1.29 is 13.2 Å². The molecule has 0 aromatic heterocycles. The van der Waals surface area contributed by atoms with Crippen molar-refractivity contribution in [3.63, 3.8) is 0 Å². The molecule has 2 heterocycles. The Morgan fingerprint density at radius 1 is 1.10 bits per heavy atom. The van der Waals surface area contributed by atoms with Crippen LogP contribution in [0.3, 0.4) is 0 Å². The van der Waals surface area contributed by atoms with Crippen molar-refractivity contribution in [3.05, 3.63) is 53.6 Å². The van der Waals surface area contributed by atoms with Gasteiger partial charge in [-0.05, 0) is 48.7 Å². The molecule has 6 heteroatoms. The van der Waals surface area contributed by atoms with Gasteiger partial charge in [0.25, 0.3) is 10.0 Å². The highest BCUT2D eigenvalue weighted by molar-refractivity contribution is 7.92. The first-order valence-corrected chi connectivity index (χ1v) is 11.6. The number of hydrogen-bond acceptors (Lipinski definition) is 3. The summed E-state index contributed by atoms with van der Waals surface area (Å²) < 4.78 is 28.7. The lowest BCUT2D eigenvalue weighted by molar-refractivity contribution is -0.121. The van der Waals surface area contributed by atoms with Gasteiger partial charge in [-0.2, -0.15) is 0 Å². The molecule has 4 rings (SSSR count). The minimum atomic E-state index is -3.70. The van der Waals surface area contributed by atoms with E-state index in [1.807, 2.05) is 45.0 Å². The predicted molar refractivity (Wildman–Crippen MR) is 116 cm³/mol. The maximum atomic E-state index is 13.6. The molecular formula is C23H28N2O3S. The van der Waals surface area contributed by atoms with Crippen LogP contribution in [0.1, 0.15) is 45.7 Å². The van der Waals surface area contributed by atoms with Gasteiger partial charge in [0.2, 0.25) is 5.91 Å². The van der Waals surface area contributed by atoms with E-state index in [0.29, 0.717) is 13.0 Å². The van der Waals surface area contributed by atoms with E-state index in [1.165, 1.54) is 0 Å². The standard InChI is InChI=1S/C23H28N2O3S/c1-15(2)22(26)24-14-23(4,5)19-13-18(10-11-21(19)24)29(27,28)25-16(3)12-17-8-6-7-9-20(17)25/h6-11,13,15-16H,12,14H2,1-5H3/t16-/m0/s1. The Balaban J connectivity index is 1.79. The summed E-state index contributed by atoms with van der Waals surface area (Å²) in [7, 11) is -3.70. The fourth-order valence-corrected chi connectivity index (χ4v) is 6.26. The number of hydrogen-bond donors (Lipinski definition) is 0. The lowest BCUT2D eigenvalue weighted by Crippen LogP contribution is -2.36. The van der Waals surface area contributed by atoms with E-state index >= 15 is 0 Å². The average molecular weight is 413 g/mol. The van der Waals surface area contributed by atoms with E-state index in [2.05, 4.69) is 13.8 Å². The fraction of sp³-hybridized carbons (Fsp3) is 0.435. The van der Waals surface area contributed by atoms with Crippen LogP contribution in [0.25, 0.3) is 0 Å². The minimum Gasteiger partial charge on any atom is -0.311 e. The summed E-state index contributed by atoms with van der Waals surface area (Å²) in [6.07, 6.45) is 0.711. The molecule has 0 saturated carbocycles. The fourth-order valence-electron chi connectivity index (χ4n) is 4.54. The van der Waals surface area contributed by atoms with E-state index in [9.17, 15) is 13.2 Å². The van der Waals surface area contributed by atoms with Crippen molar-refractivity contribution in [3.8, 4) is 0 Å². The summed E-state index contributed by atoms with van der Waals surface area (Å²) in [5.41, 5.74) is 3.24. The lowest BCUT2D eigenvalue weighted by Gasteiger charge is -2.25. The summed E-state index contributed by atoms with van der Waals surface area (Å²) in [6, 6.07) is 12.8. The summed E-state index contributed by atoms with van der Waals surface area (Å²) in [5, 5.41) is 0. The monoisotopic (exact) mass is 412 g/mol. The zero-order valence-corrected chi connectivity index (χ0v) is 18.5. The Bertz CT molecular complexity index is 1090. The van der Waals surface area contributed by atoms with Gasteiger partial charge in [-0.1, -0.05) is 45.9 Å². The molecule has 0 bridgehead atoms. The minimum absolute atomic E-state index is 0.0644. The molecule has 0 N–H and O–H groups in total. The first-order valence-electron chi connectivity index (χ1n) is 10.1. The number of carbonyl (C=O) groups is 1. The number of sulfonamides is 1. The topological polar surface area (TPSA) is 57.7 Å². The molecule has 1 amide bonds. The number of carbonyl (C=O) groups excluding carboxylic acids is 1. The first-order chi connectivity index (χ1) is 13.5. The van der Waals surface area contributed by atoms with Crippen molar-refractivity contribution in [1.29, 1.82) is 0 Å². The summed E-state index contributed by atoms with van der Waals surface area (Å²) in [6.45, 7) is 10.4. The molecule has 2 aliphatic rings. The van der Waals surface area contributed by atoms with Crippen LogP contribution in [-0.2, 0) is 26.7 Å². The average Bonchev–Trinajstić information content (AvgIpc) is 3.14. The number of benzene rings is 2. The van der Waals surface area contributed by atoms with Gasteiger partial charge in [0.15, 0.2) is 0 Å². The van der Waals surface area contributed by atoms with Gasteiger partial charge in [-0.3, -0.25) is 9.10 Å². The van der Waals surface area contributed by atoms with Crippen molar-refractivity contribution in [1.82, 2.24) is 0 Å². The van der Waals surface area contributed by atoms with E-state index in [1.54, 1.807) is 27.4 Å². The Morgan fingerprint density at radius 3 is 2.48 bits per heavy atom. The van der Waals surface area contributed by atoms with Crippen molar-refractivity contribution in [2.24, 2.45) is 5.92 Å². The molecular weight excluding hydrogens is 384 g/mol. The number of anilines is 2. The van der Waals surface area contributed by atoms with Gasteiger partial charge in [-0.25, -0.2) is 8.42 Å². The second-order valence-corrected chi connectivity index (χ2v) is 10.9. The number of amides is 1. The predicted octanol–water partition coefficient (Wildman–Crippen LogP) is 4.11. The van der Waals surface area contributed by atoms with Gasteiger partial charge >= 0.3 is 0 Å². The molecule has 5 nitrogen and oxygen atoms in total. The Hall–Kier alpha value is -2.34. The van der Waals surface area contributed by atoms with Crippen LogP contribution in [0.15, 0.2) is 47.4 Å².